The van der Waals surface area contributed by atoms with Crippen molar-refractivity contribution in [2.75, 3.05) is 7.11 Å². The predicted octanol–water partition coefficient (Wildman–Crippen LogP) is 4.87. The van der Waals surface area contributed by atoms with E-state index in [-0.39, 0.29) is 28.0 Å². The molecule has 0 spiro atoms. The number of hydrogen-bond donors (Lipinski definition) is 1. The molecular formula is C26H20ClFN2O4S. The van der Waals surface area contributed by atoms with Gasteiger partial charge in [0.15, 0.2) is 16.7 Å². The number of fused-ring (bicyclic) bond motifs is 1. The number of rotatable bonds is 5. The van der Waals surface area contributed by atoms with Crippen molar-refractivity contribution < 1.29 is 23.8 Å². The van der Waals surface area contributed by atoms with Gasteiger partial charge in [-0.25, -0.2) is 4.39 Å². The van der Waals surface area contributed by atoms with Crippen molar-refractivity contribution in [1.29, 1.82) is 0 Å². The topological polar surface area (TPSA) is 79.2 Å². The summed E-state index contributed by atoms with van der Waals surface area (Å²) in [6.45, 7) is 0. The number of carbonyl (C=O) groups excluding carboxylic acids is 2. The summed E-state index contributed by atoms with van der Waals surface area (Å²) >= 11 is 7.61. The molecule has 2 aromatic rings. The molecule has 1 aliphatic carbocycles. The summed E-state index contributed by atoms with van der Waals surface area (Å²) < 4.78 is 20.4. The average molecular weight is 511 g/mol. The van der Waals surface area contributed by atoms with Crippen LogP contribution in [-0.4, -0.2) is 45.3 Å². The number of ether oxygens (including phenoxy) is 1. The van der Waals surface area contributed by atoms with Gasteiger partial charge in [0.05, 0.1) is 24.0 Å². The molecular weight excluding hydrogens is 491 g/mol. The minimum Gasteiger partial charge on any atom is -0.503 e. The number of aliphatic imine (C=N–C) groups is 1. The quantitative estimate of drug-likeness (QED) is 0.620. The van der Waals surface area contributed by atoms with Crippen molar-refractivity contribution in [2.45, 2.75) is 23.8 Å². The zero-order chi connectivity index (χ0) is 24.7. The number of allylic oxidation sites excluding steroid dienone is 2. The van der Waals surface area contributed by atoms with Crippen LogP contribution in [0.15, 0.2) is 88.1 Å². The van der Waals surface area contributed by atoms with Crippen molar-refractivity contribution in [3.8, 4) is 5.75 Å². The summed E-state index contributed by atoms with van der Waals surface area (Å²) in [5, 5.41) is 11.5. The van der Waals surface area contributed by atoms with Gasteiger partial charge in [-0.3, -0.25) is 19.5 Å². The zero-order valence-corrected chi connectivity index (χ0v) is 20.1. The van der Waals surface area contributed by atoms with Crippen molar-refractivity contribution >= 4 is 40.2 Å². The number of amides is 1. The second kappa shape index (κ2) is 9.36. The fourth-order valence-electron chi connectivity index (χ4n) is 4.44. The Labute approximate surface area is 210 Å². The van der Waals surface area contributed by atoms with E-state index in [1.807, 2.05) is 12.2 Å². The van der Waals surface area contributed by atoms with Gasteiger partial charge in [0, 0.05) is 22.6 Å². The fraction of sp³-hybridized carbons (Fsp3) is 0.192. The molecule has 178 valence electrons. The lowest BCUT2D eigenvalue weighted by Gasteiger charge is -2.26. The van der Waals surface area contributed by atoms with Crippen LogP contribution in [0.4, 0.5) is 4.39 Å². The Morgan fingerprint density at radius 3 is 2.71 bits per heavy atom. The van der Waals surface area contributed by atoms with E-state index in [1.165, 1.54) is 42.0 Å². The van der Waals surface area contributed by atoms with Gasteiger partial charge in [0.1, 0.15) is 17.6 Å². The van der Waals surface area contributed by atoms with Crippen LogP contribution < -0.4 is 4.74 Å². The van der Waals surface area contributed by atoms with Crippen LogP contribution in [0.2, 0.25) is 0 Å². The van der Waals surface area contributed by atoms with Gasteiger partial charge in [0.25, 0.3) is 5.91 Å². The third kappa shape index (κ3) is 4.06. The number of amidine groups is 1. The largest absolute Gasteiger partial charge is 0.503 e. The number of hydrogen-bond acceptors (Lipinski definition) is 6. The molecule has 5 rings (SSSR count). The number of aliphatic hydroxyl groups is 1. The number of para-hydroxylation sites is 1. The molecule has 0 bridgehead atoms. The Hall–Kier alpha value is -3.36. The zero-order valence-electron chi connectivity index (χ0n) is 18.5. The Morgan fingerprint density at radius 2 is 1.97 bits per heavy atom. The van der Waals surface area contributed by atoms with Gasteiger partial charge in [-0.1, -0.05) is 71.9 Å². The number of benzene rings is 2. The first-order valence-corrected chi connectivity index (χ1v) is 12.1. The van der Waals surface area contributed by atoms with Crippen LogP contribution in [0.1, 0.15) is 17.2 Å². The standard InChI is InChI=1S/C26H20ClFN2O4S/c1-34-19-11-5-2-7-14(19)13-18(31)21-23(15-8-3-4-10-17(15)28)30(25(33)24(21)32)26-29-22-16(27)9-6-12-20(22)35-26/h2-12,20,22-23,32H,13H2,1H3. The lowest BCUT2D eigenvalue weighted by molar-refractivity contribution is -0.125. The first kappa shape index (κ1) is 23.4. The maximum absolute atomic E-state index is 15.0. The lowest BCUT2D eigenvalue weighted by atomic mass is 9.92. The van der Waals surface area contributed by atoms with Gasteiger partial charge < -0.3 is 9.84 Å². The Balaban J connectivity index is 1.57. The molecule has 1 N–H and O–H groups in total. The number of thioether (sulfide) groups is 1. The second-order valence-electron chi connectivity index (χ2n) is 8.15. The van der Waals surface area contributed by atoms with Gasteiger partial charge >= 0.3 is 0 Å². The maximum Gasteiger partial charge on any atom is 0.296 e. The van der Waals surface area contributed by atoms with Crippen molar-refractivity contribution in [3.05, 3.63) is 100 Å². The molecule has 6 nitrogen and oxygen atoms in total. The second-order valence-corrected chi connectivity index (χ2v) is 9.73. The van der Waals surface area contributed by atoms with E-state index >= 15 is 4.39 Å². The van der Waals surface area contributed by atoms with E-state index in [9.17, 15) is 14.7 Å². The minimum atomic E-state index is -1.18. The monoisotopic (exact) mass is 510 g/mol. The molecule has 0 saturated heterocycles. The Kier molecular flexibility index (Phi) is 6.25. The van der Waals surface area contributed by atoms with Gasteiger partial charge in [-0.2, -0.15) is 0 Å². The number of nitrogens with zero attached hydrogens (tertiary/aromatic N) is 2. The first-order chi connectivity index (χ1) is 16.9. The highest BCUT2D eigenvalue weighted by Gasteiger charge is 2.49. The summed E-state index contributed by atoms with van der Waals surface area (Å²) in [6, 6.07) is 11.3. The normalized spacial score (nSPS) is 23.3. The van der Waals surface area contributed by atoms with Crippen LogP contribution in [0.25, 0.3) is 0 Å². The molecule has 2 aromatic carbocycles. The molecule has 1 amide bonds. The number of carbonyl (C=O) groups is 2. The van der Waals surface area contributed by atoms with E-state index in [2.05, 4.69) is 4.99 Å². The molecule has 2 heterocycles. The highest BCUT2D eigenvalue weighted by molar-refractivity contribution is 8.14. The van der Waals surface area contributed by atoms with E-state index in [0.29, 0.717) is 16.3 Å². The predicted molar refractivity (Wildman–Crippen MR) is 133 cm³/mol. The highest BCUT2D eigenvalue weighted by atomic mass is 35.5. The van der Waals surface area contributed by atoms with Gasteiger partial charge in [-0.05, 0) is 18.2 Å². The van der Waals surface area contributed by atoms with Crippen LogP contribution in [0.5, 0.6) is 5.75 Å². The molecule has 3 atom stereocenters. The van der Waals surface area contributed by atoms with Crippen LogP contribution in [0, 0.1) is 5.82 Å². The number of Topliss-reactive ketones (excluding diaryl/α,β-unsaturated/α-hetero) is 1. The van der Waals surface area contributed by atoms with Gasteiger partial charge in [-0.15, -0.1) is 0 Å². The molecule has 0 saturated carbocycles. The number of methoxy groups -OCH3 is 1. The van der Waals surface area contributed by atoms with Gasteiger partial charge in [0.2, 0.25) is 0 Å². The smallest absolute Gasteiger partial charge is 0.296 e. The Morgan fingerprint density at radius 1 is 1.23 bits per heavy atom. The minimum absolute atomic E-state index is 0.0867. The third-order valence-electron chi connectivity index (χ3n) is 6.10. The molecule has 0 radical (unpaired) electrons. The molecule has 3 aliphatic rings. The highest BCUT2D eigenvalue weighted by Crippen LogP contribution is 2.45. The summed E-state index contributed by atoms with van der Waals surface area (Å²) in [7, 11) is 1.49. The van der Waals surface area contributed by atoms with E-state index < -0.39 is 35.4 Å². The maximum atomic E-state index is 15.0. The average Bonchev–Trinajstić information content (AvgIpc) is 3.39. The lowest BCUT2D eigenvalue weighted by Crippen LogP contribution is -2.35. The van der Waals surface area contributed by atoms with E-state index in [4.69, 9.17) is 16.3 Å². The summed E-state index contributed by atoms with van der Waals surface area (Å²) in [5.41, 5.74) is 0.490. The summed E-state index contributed by atoms with van der Waals surface area (Å²) in [4.78, 5) is 32.7. The van der Waals surface area contributed by atoms with E-state index in [1.54, 1.807) is 36.4 Å². The number of aliphatic hydroxyl groups excluding tert-OH is 1. The molecule has 0 aromatic heterocycles. The first-order valence-electron chi connectivity index (χ1n) is 10.8. The third-order valence-corrected chi connectivity index (χ3v) is 7.65. The molecule has 3 unspecified atom stereocenters. The van der Waals surface area contributed by atoms with Crippen LogP contribution in [0.3, 0.4) is 0 Å². The number of ketones is 1. The van der Waals surface area contributed by atoms with Crippen LogP contribution >= 0.6 is 23.4 Å². The molecule has 9 heteroatoms. The Bertz CT molecular complexity index is 1350. The van der Waals surface area contributed by atoms with Crippen molar-refractivity contribution in [1.82, 2.24) is 4.90 Å². The molecule has 35 heavy (non-hydrogen) atoms. The summed E-state index contributed by atoms with van der Waals surface area (Å²) in [5.74, 6) is -2.15. The fourth-order valence-corrected chi connectivity index (χ4v) is 6.00. The number of halogens is 2. The van der Waals surface area contributed by atoms with Crippen LogP contribution in [-0.2, 0) is 16.0 Å². The summed E-state index contributed by atoms with van der Waals surface area (Å²) in [6.07, 6.45) is 5.32. The van der Waals surface area contributed by atoms with Crippen molar-refractivity contribution in [2.24, 2.45) is 4.99 Å². The van der Waals surface area contributed by atoms with E-state index in [0.717, 1.165) is 0 Å². The SMILES string of the molecule is COc1ccccc1CC(=O)C1=C(O)C(=O)N(C2=NC3C(Cl)=CC=CC3S2)C1c1ccccc1F. The van der Waals surface area contributed by atoms with Crippen molar-refractivity contribution in [3.63, 3.8) is 0 Å². The molecule has 2 aliphatic heterocycles. The molecule has 0 fully saturated rings.